The van der Waals surface area contributed by atoms with Gasteiger partial charge in [0.15, 0.2) is 5.58 Å². The molecular formula is C15H10N2O6. The number of carbonyl (C=O) groups is 1. The molecule has 0 aliphatic rings. The molecule has 0 fully saturated rings. The van der Waals surface area contributed by atoms with Gasteiger partial charge in [0.25, 0.3) is 5.69 Å². The Morgan fingerprint density at radius 1 is 1.22 bits per heavy atom. The van der Waals surface area contributed by atoms with Crippen LogP contribution in [0.4, 0.5) is 10.5 Å². The van der Waals surface area contributed by atoms with Crippen molar-refractivity contribution in [1.29, 1.82) is 0 Å². The monoisotopic (exact) mass is 314 g/mol. The van der Waals surface area contributed by atoms with Crippen LogP contribution in [0.2, 0.25) is 0 Å². The van der Waals surface area contributed by atoms with E-state index >= 15 is 0 Å². The number of carbonyl (C=O) groups excluding carboxylic acids is 1. The van der Waals surface area contributed by atoms with Crippen molar-refractivity contribution in [2.45, 2.75) is 6.61 Å². The molecule has 8 nitrogen and oxygen atoms in total. The van der Waals surface area contributed by atoms with Crippen molar-refractivity contribution in [2.75, 3.05) is 0 Å². The van der Waals surface area contributed by atoms with E-state index in [2.05, 4.69) is 0 Å². The highest BCUT2D eigenvalue weighted by molar-refractivity contribution is 5.86. The standard InChI is InChI=1S/C15H10N2O6/c18-14(22-9-10-4-2-1-3-5-10)16-12-7-6-11(17(20)21)8-13(12)23-15(16)19/h1-8H,9H2. The summed E-state index contributed by atoms with van der Waals surface area (Å²) in [5.74, 6) is -0.960. The van der Waals surface area contributed by atoms with Crippen LogP contribution in [-0.4, -0.2) is 15.6 Å². The first kappa shape index (κ1) is 14.5. The normalized spacial score (nSPS) is 10.6. The molecule has 0 saturated heterocycles. The van der Waals surface area contributed by atoms with Gasteiger partial charge < -0.3 is 9.15 Å². The van der Waals surface area contributed by atoms with Gasteiger partial charge in [-0.2, -0.15) is 4.57 Å². The fourth-order valence-electron chi connectivity index (χ4n) is 2.08. The fraction of sp³-hybridized carbons (Fsp3) is 0.0667. The number of hydrogen-bond acceptors (Lipinski definition) is 6. The first-order chi connectivity index (χ1) is 11.1. The second-order valence-electron chi connectivity index (χ2n) is 4.65. The summed E-state index contributed by atoms with van der Waals surface area (Å²) >= 11 is 0. The number of rotatable bonds is 3. The number of nitrogens with zero attached hydrogens (tertiary/aromatic N) is 2. The largest absolute Gasteiger partial charge is 0.444 e. The van der Waals surface area contributed by atoms with Crippen LogP contribution in [0.15, 0.2) is 57.7 Å². The minimum absolute atomic E-state index is 0.00817. The second-order valence-corrected chi connectivity index (χ2v) is 4.65. The van der Waals surface area contributed by atoms with Gasteiger partial charge in [0, 0.05) is 6.07 Å². The van der Waals surface area contributed by atoms with Crippen LogP contribution >= 0.6 is 0 Å². The zero-order chi connectivity index (χ0) is 16.4. The summed E-state index contributed by atoms with van der Waals surface area (Å²) in [5.41, 5.74) is 0.577. The molecule has 116 valence electrons. The summed E-state index contributed by atoms with van der Waals surface area (Å²) < 4.78 is 10.6. The van der Waals surface area contributed by atoms with Gasteiger partial charge in [-0.1, -0.05) is 30.3 Å². The Morgan fingerprint density at radius 3 is 2.65 bits per heavy atom. The molecule has 0 radical (unpaired) electrons. The van der Waals surface area contributed by atoms with Crippen LogP contribution in [0.1, 0.15) is 5.56 Å². The maximum atomic E-state index is 12.1. The lowest BCUT2D eigenvalue weighted by Gasteiger charge is -2.04. The third-order valence-corrected chi connectivity index (χ3v) is 3.16. The van der Waals surface area contributed by atoms with Crippen molar-refractivity contribution in [3.63, 3.8) is 0 Å². The third-order valence-electron chi connectivity index (χ3n) is 3.16. The number of non-ortho nitro benzene ring substituents is 1. The lowest BCUT2D eigenvalue weighted by Crippen LogP contribution is -2.23. The number of nitro benzene ring substituents is 1. The van der Waals surface area contributed by atoms with Crippen LogP contribution < -0.4 is 5.76 Å². The van der Waals surface area contributed by atoms with Crippen LogP contribution in [0, 0.1) is 10.1 Å². The van der Waals surface area contributed by atoms with E-state index < -0.39 is 16.8 Å². The van der Waals surface area contributed by atoms with E-state index in [1.807, 2.05) is 6.07 Å². The highest BCUT2D eigenvalue weighted by Gasteiger charge is 2.19. The Hall–Kier alpha value is -3.42. The number of ether oxygens (including phenoxy) is 1. The number of benzene rings is 2. The molecule has 0 spiro atoms. The van der Waals surface area contributed by atoms with E-state index in [9.17, 15) is 19.7 Å². The minimum Gasteiger partial charge on any atom is -0.444 e. The lowest BCUT2D eigenvalue weighted by molar-refractivity contribution is -0.384. The zero-order valence-corrected chi connectivity index (χ0v) is 11.7. The Balaban J connectivity index is 1.90. The molecule has 3 rings (SSSR count). The van der Waals surface area contributed by atoms with Crippen molar-refractivity contribution in [3.05, 3.63) is 74.8 Å². The number of fused-ring (bicyclic) bond motifs is 1. The molecule has 0 N–H and O–H groups in total. The lowest BCUT2D eigenvalue weighted by atomic mass is 10.2. The fourth-order valence-corrected chi connectivity index (χ4v) is 2.08. The van der Waals surface area contributed by atoms with E-state index in [4.69, 9.17) is 9.15 Å². The Kier molecular flexibility index (Phi) is 3.63. The van der Waals surface area contributed by atoms with E-state index in [1.165, 1.54) is 12.1 Å². The summed E-state index contributed by atoms with van der Waals surface area (Å²) in [6.45, 7) is -0.00817. The topological polar surface area (TPSA) is 105 Å². The first-order valence-electron chi connectivity index (χ1n) is 6.57. The predicted octanol–water partition coefficient (Wildman–Crippen LogP) is 2.69. The number of nitro groups is 1. The summed E-state index contributed by atoms with van der Waals surface area (Å²) in [5, 5.41) is 10.7. The molecule has 0 amide bonds. The molecule has 0 aliphatic carbocycles. The molecule has 0 bridgehead atoms. The molecule has 0 atom stereocenters. The maximum Gasteiger partial charge on any atom is 0.429 e. The van der Waals surface area contributed by atoms with Crippen molar-refractivity contribution < 1.29 is 18.9 Å². The second kappa shape index (κ2) is 5.76. The summed E-state index contributed by atoms with van der Waals surface area (Å²) in [6.07, 6.45) is -0.911. The SMILES string of the molecule is O=C(OCc1ccccc1)n1c(=O)oc2cc([N+](=O)[O-])ccc21. The Bertz CT molecular complexity index is 942. The van der Waals surface area contributed by atoms with Crippen molar-refractivity contribution in [3.8, 4) is 0 Å². The summed E-state index contributed by atoms with van der Waals surface area (Å²) in [7, 11) is 0. The van der Waals surface area contributed by atoms with Crippen LogP contribution in [0.5, 0.6) is 0 Å². The van der Waals surface area contributed by atoms with Gasteiger partial charge in [-0.25, -0.2) is 9.59 Å². The summed E-state index contributed by atoms with van der Waals surface area (Å²) in [6, 6.07) is 12.5. The Labute approximate surface area is 128 Å². The van der Waals surface area contributed by atoms with E-state index in [0.717, 1.165) is 11.6 Å². The molecule has 23 heavy (non-hydrogen) atoms. The number of aromatic nitrogens is 1. The Morgan fingerprint density at radius 2 is 1.96 bits per heavy atom. The highest BCUT2D eigenvalue weighted by atomic mass is 16.6. The first-order valence-corrected chi connectivity index (χ1v) is 6.57. The third kappa shape index (κ3) is 2.82. The molecule has 0 unspecified atom stereocenters. The maximum absolute atomic E-state index is 12.1. The van der Waals surface area contributed by atoms with Crippen molar-refractivity contribution in [2.24, 2.45) is 0 Å². The molecule has 0 aliphatic heterocycles. The molecule has 2 aromatic carbocycles. The van der Waals surface area contributed by atoms with Gasteiger partial charge in [-0.3, -0.25) is 10.1 Å². The smallest absolute Gasteiger partial charge is 0.429 e. The highest BCUT2D eigenvalue weighted by Crippen LogP contribution is 2.20. The van der Waals surface area contributed by atoms with Gasteiger partial charge >= 0.3 is 11.8 Å². The van der Waals surface area contributed by atoms with Gasteiger partial charge in [-0.05, 0) is 11.6 Å². The molecule has 1 heterocycles. The average molecular weight is 314 g/mol. The summed E-state index contributed by atoms with van der Waals surface area (Å²) in [4.78, 5) is 34.0. The quantitative estimate of drug-likeness (QED) is 0.543. The van der Waals surface area contributed by atoms with E-state index in [0.29, 0.717) is 4.57 Å². The predicted molar refractivity (Wildman–Crippen MR) is 79.2 cm³/mol. The van der Waals surface area contributed by atoms with Crippen molar-refractivity contribution >= 4 is 22.9 Å². The van der Waals surface area contributed by atoms with Gasteiger partial charge in [0.1, 0.15) is 12.1 Å². The van der Waals surface area contributed by atoms with Crippen LogP contribution in [0.3, 0.4) is 0 Å². The zero-order valence-electron chi connectivity index (χ0n) is 11.7. The molecule has 1 aromatic heterocycles. The van der Waals surface area contributed by atoms with Crippen LogP contribution in [-0.2, 0) is 11.3 Å². The minimum atomic E-state index is -0.960. The van der Waals surface area contributed by atoms with Gasteiger partial charge in [0.2, 0.25) is 0 Å². The number of hydrogen-bond donors (Lipinski definition) is 0. The average Bonchev–Trinajstić information content (AvgIpc) is 2.88. The number of oxazole rings is 1. The van der Waals surface area contributed by atoms with Gasteiger partial charge in [-0.15, -0.1) is 0 Å². The molecule has 8 heteroatoms. The molecular weight excluding hydrogens is 304 g/mol. The molecule has 0 saturated carbocycles. The van der Waals surface area contributed by atoms with E-state index in [1.54, 1.807) is 24.3 Å². The van der Waals surface area contributed by atoms with Crippen molar-refractivity contribution in [1.82, 2.24) is 4.57 Å². The van der Waals surface area contributed by atoms with E-state index in [-0.39, 0.29) is 23.4 Å². The van der Waals surface area contributed by atoms with Gasteiger partial charge in [0.05, 0.1) is 11.0 Å². The van der Waals surface area contributed by atoms with Crippen LogP contribution in [0.25, 0.3) is 11.1 Å². The molecule has 3 aromatic rings.